The molecule has 0 N–H and O–H groups in total. The van der Waals surface area contributed by atoms with Crippen molar-refractivity contribution in [1.29, 1.82) is 0 Å². The van der Waals surface area contributed by atoms with Gasteiger partial charge in [-0.15, -0.1) is 0 Å². The van der Waals surface area contributed by atoms with Gasteiger partial charge in [0, 0.05) is 10.0 Å². The van der Waals surface area contributed by atoms with Crippen LogP contribution in [0.4, 0.5) is 10.1 Å². The quantitative estimate of drug-likeness (QED) is 0.448. The molecule has 0 saturated carbocycles. The maximum Gasteiger partial charge on any atom is 0.328 e. The van der Waals surface area contributed by atoms with Crippen molar-refractivity contribution in [1.82, 2.24) is 9.78 Å². The van der Waals surface area contributed by atoms with Crippen molar-refractivity contribution in [3.63, 3.8) is 0 Å². The van der Waals surface area contributed by atoms with E-state index >= 15 is 0 Å². The highest BCUT2D eigenvalue weighted by Gasteiger charge is 2.23. The number of carbonyl (C=O) groups is 1. The molecule has 0 aliphatic heterocycles. The van der Waals surface area contributed by atoms with Gasteiger partial charge in [-0.2, -0.15) is 5.10 Å². The zero-order chi connectivity index (χ0) is 17.1. The molecule has 0 fully saturated rings. The van der Waals surface area contributed by atoms with Crippen LogP contribution in [-0.4, -0.2) is 20.7 Å². The molecule has 9 heteroatoms. The van der Waals surface area contributed by atoms with Gasteiger partial charge in [-0.05, 0) is 26.0 Å². The van der Waals surface area contributed by atoms with E-state index in [2.05, 4.69) is 21.0 Å². The SMILES string of the molecule is Cc1nn(CC(=O)OCc2ccc(F)cc2Br)c(C)c1[N+](=O)[O-]. The second-order valence-electron chi connectivity index (χ2n) is 4.83. The van der Waals surface area contributed by atoms with Crippen LogP contribution >= 0.6 is 15.9 Å². The molecule has 2 aromatic rings. The molecule has 0 saturated heterocycles. The Morgan fingerprint density at radius 2 is 2.17 bits per heavy atom. The number of hydrogen-bond acceptors (Lipinski definition) is 5. The molecular weight excluding hydrogens is 373 g/mol. The predicted octanol–water partition coefficient (Wildman–Crippen LogP) is 3.05. The molecule has 23 heavy (non-hydrogen) atoms. The van der Waals surface area contributed by atoms with Crippen molar-refractivity contribution in [3.05, 3.63) is 55.6 Å². The highest BCUT2D eigenvalue weighted by molar-refractivity contribution is 9.10. The van der Waals surface area contributed by atoms with Gasteiger partial charge in [0.15, 0.2) is 0 Å². The first-order valence-electron chi connectivity index (χ1n) is 6.57. The summed E-state index contributed by atoms with van der Waals surface area (Å²) in [5.41, 5.74) is 1.02. The van der Waals surface area contributed by atoms with Crippen LogP contribution < -0.4 is 0 Å². The topological polar surface area (TPSA) is 87.3 Å². The lowest BCUT2D eigenvalue weighted by Gasteiger charge is -2.07. The molecule has 0 unspecified atom stereocenters. The van der Waals surface area contributed by atoms with Gasteiger partial charge >= 0.3 is 11.7 Å². The Bertz CT molecular complexity index is 776. The van der Waals surface area contributed by atoms with E-state index in [1.165, 1.54) is 36.7 Å². The number of halogens is 2. The third-order valence-corrected chi connectivity index (χ3v) is 3.95. The number of nitrogens with zero attached hydrogens (tertiary/aromatic N) is 3. The maximum absolute atomic E-state index is 13.0. The van der Waals surface area contributed by atoms with Crippen molar-refractivity contribution in [3.8, 4) is 0 Å². The van der Waals surface area contributed by atoms with Gasteiger partial charge in [0.2, 0.25) is 0 Å². The number of hydrogen-bond donors (Lipinski definition) is 0. The number of aromatic nitrogens is 2. The standard InChI is InChI=1S/C14H13BrFN3O4/c1-8-14(19(21)22)9(2)18(17-8)6-13(20)23-7-10-3-4-11(16)5-12(10)15/h3-5H,6-7H2,1-2H3. The molecular formula is C14H13BrFN3O4. The summed E-state index contributed by atoms with van der Waals surface area (Å²) in [6, 6.07) is 4.03. The molecule has 0 amide bonds. The van der Waals surface area contributed by atoms with Crippen molar-refractivity contribution in [2.45, 2.75) is 27.0 Å². The van der Waals surface area contributed by atoms with Gasteiger partial charge in [-0.3, -0.25) is 19.6 Å². The number of rotatable bonds is 5. The fraction of sp³-hybridized carbons (Fsp3) is 0.286. The van der Waals surface area contributed by atoms with Gasteiger partial charge < -0.3 is 4.74 Å². The minimum absolute atomic E-state index is 0.0406. The number of benzene rings is 1. The molecule has 1 aromatic heterocycles. The third-order valence-electron chi connectivity index (χ3n) is 3.21. The second-order valence-corrected chi connectivity index (χ2v) is 5.68. The van der Waals surface area contributed by atoms with Crippen LogP contribution in [0.2, 0.25) is 0 Å². The summed E-state index contributed by atoms with van der Waals surface area (Å²) in [4.78, 5) is 22.2. The summed E-state index contributed by atoms with van der Waals surface area (Å²) >= 11 is 3.18. The van der Waals surface area contributed by atoms with E-state index in [4.69, 9.17) is 4.74 Å². The van der Waals surface area contributed by atoms with E-state index in [-0.39, 0.29) is 30.2 Å². The molecule has 0 spiro atoms. The Morgan fingerprint density at radius 1 is 1.48 bits per heavy atom. The minimum Gasteiger partial charge on any atom is -0.459 e. The summed E-state index contributed by atoms with van der Waals surface area (Å²) in [7, 11) is 0. The fourth-order valence-electron chi connectivity index (χ4n) is 2.07. The highest BCUT2D eigenvalue weighted by Crippen LogP contribution is 2.22. The lowest BCUT2D eigenvalue weighted by atomic mass is 10.2. The molecule has 1 aromatic carbocycles. The number of ether oxygens (including phenoxy) is 1. The third kappa shape index (κ3) is 3.92. The Balaban J connectivity index is 2.03. The monoisotopic (exact) mass is 385 g/mol. The first kappa shape index (κ1) is 17.1. The molecule has 0 aliphatic rings. The number of aryl methyl sites for hydroxylation is 1. The molecule has 0 bridgehead atoms. The highest BCUT2D eigenvalue weighted by atomic mass is 79.9. The molecule has 0 atom stereocenters. The summed E-state index contributed by atoms with van der Waals surface area (Å²) in [5, 5.41) is 14.9. The summed E-state index contributed by atoms with van der Waals surface area (Å²) < 4.78 is 19.8. The van der Waals surface area contributed by atoms with Gasteiger partial charge in [0.25, 0.3) is 0 Å². The smallest absolute Gasteiger partial charge is 0.328 e. The van der Waals surface area contributed by atoms with E-state index in [0.29, 0.717) is 10.0 Å². The molecule has 122 valence electrons. The van der Waals surface area contributed by atoms with Crippen LogP contribution in [0.1, 0.15) is 17.0 Å². The van der Waals surface area contributed by atoms with Crippen molar-refractivity contribution in [2.75, 3.05) is 0 Å². The first-order valence-corrected chi connectivity index (χ1v) is 7.37. The number of esters is 1. The molecule has 7 nitrogen and oxygen atoms in total. The average Bonchev–Trinajstić information content (AvgIpc) is 2.72. The lowest BCUT2D eigenvalue weighted by Crippen LogP contribution is -2.16. The Labute approximate surface area is 139 Å². The average molecular weight is 386 g/mol. The second kappa shape index (κ2) is 6.86. The van der Waals surface area contributed by atoms with Gasteiger partial charge in [0.05, 0.1) is 4.92 Å². The Morgan fingerprint density at radius 3 is 2.74 bits per heavy atom. The minimum atomic E-state index is -0.596. The van der Waals surface area contributed by atoms with E-state index in [1.54, 1.807) is 0 Å². The van der Waals surface area contributed by atoms with Crippen LogP contribution in [0, 0.1) is 29.8 Å². The number of carbonyl (C=O) groups excluding carboxylic acids is 1. The fourth-order valence-corrected chi connectivity index (χ4v) is 2.54. The zero-order valence-corrected chi connectivity index (χ0v) is 14.0. The number of nitro groups is 1. The lowest BCUT2D eigenvalue weighted by molar-refractivity contribution is -0.386. The van der Waals surface area contributed by atoms with E-state index in [1.807, 2.05) is 0 Å². The molecule has 2 rings (SSSR count). The first-order chi connectivity index (χ1) is 10.8. The van der Waals surface area contributed by atoms with E-state index < -0.39 is 16.7 Å². The van der Waals surface area contributed by atoms with Crippen molar-refractivity contribution in [2.24, 2.45) is 0 Å². The van der Waals surface area contributed by atoms with Gasteiger partial charge in [-0.1, -0.05) is 22.0 Å². The molecule has 0 radical (unpaired) electrons. The maximum atomic E-state index is 13.0. The summed E-state index contributed by atoms with van der Waals surface area (Å²) in [5.74, 6) is -0.997. The van der Waals surface area contributed by atoms with Gasteiger partial charge in [-0.25, -0.2) is 4.39 Å². The van der Waals surface area contributed by atoms with Crippen LogP contribution in [0.5, 0.6) is 0 Å². The van der Waals surface area contributed by atoms with Crippen LogP contribution in [0.25, 0.3) is 0 Å². The van der Waals surface area contributed by atoms with E-state index in [9.17, 15) is 19.3 Å². The van der Waals surface area contributed by atoms with Crippen LogP contribution in [0.15, 0.2) is 22.7 Å². The van der Waals surface area contributed by atoms with Crippen molar-refractivity contribution >= 4 is 27.6 Å². The Hall–Kier alpha value is -2.29. The predicted molar refractivity (Wildman–Crippen MR) is 82.3 cm³/mol. The van der Waals surface area contributed by atoms with E-state index in [0.717, 1.165) is 0 Å². The Kier molecular flexibility index (Phi) is 5.09. The van der Waals surface area contributed by atoms with Crippen LogP contribution in [-0.2, 0) is 22.7 Å². The molecule has 0 aliphatic carbocycles. The zero-order valence-electron chi connectivity index (χ0n) is 12.4. The van der Waals surface area contributed by atoms with Crippen LogP contribution in [0.3, 0.4) is 0 Å². The summed E-state index contributed by atoms with van der Waals surface area (Å²) in [6.07, 6.45) is 0. The van der Waals surface area contributed by atoms with Crippen molar-refractivity contribution < 1.29 is 18.8 Å². The summed E-state index contributed by atoms with van der Waals surface area (Å²) in [6.45, 7) is 2.74. The van der Waals surface area contributed by atoms with Gasteiger partial charge in [0.1, 0.15) is 30.4 Å². The molecule has 1 heterocycles. The largest absolute Gasteiger partial charge is 0.459 e. The normalized spacial score (nSPS) is 10.6.